The van der Waals surface area contributed by atoms with Gasteiger partial charge < -0.3 is 9.47 Å². The van der Waals surface area contributed by atoms with Gasteiger partial charge >= 0.3 is 6.18 Å². The van der Waals surface area contributed by atoms with Gasteiger partial charge in [0.2, 0.25) is 0 Å². The van der Waals surface area contributed by atoms with Gasteiger partial charge in [0, 0.05) is 56.5 Å². The SMILES string of the molecule is FC(F)(F)c1cccnc1N1CCCC(c2nccn2Cc2ccncc2)C1. The van der Waals surface area contributed by atoms with Crippen molar-refractivity contribution >= 4 is 5.82 Å². The zero-order valence-electron chi connectivity index (χ0n) is 15.2. The Hall–Kier alpha value is -2.90. The van der Waals surface area contributed by atoms with Crippen LogP contribution < -0.4 is 4.90 Å². The number of piperidine rings is 1. The normalized spacial score (nSPS) is 17.7. The first kappa shape index (κ1) is 18.5. The van der Waals surface area contributed by atoms with Crippen molar-refractivity contribution in [3.8, 4) is 0 Å². The van der Waals surface area contributed by atoms with Crippen molar-refractivity contribution < 1.29 is 13.2 Å². The van der Waals surface area contributed by atoms with Crippen LogP contribution in [0, 0.1) is 0 Å². The maximum Gasteiger partial charge on any atom is 0.419 e. The molecule has 1 fully saturated rings. The van der Waals surface area contributed by atoms with E-state index in [1.807, 2.05) is 18.3 Å². The highest BCUT2D eigenvalue weighted by molar-refractivity contribution is 5.49. The van der Waals surface area contributed by atoms with Gasteiger partial charge in [-0.15, -0.1) is 0 Å². The molecule has 0 saturated carbocycles. The van der Waals surface area contributed by atoms with Crippen molar-refractivity contribution in [1.82, 2.24) is 19.5 Å². The topological polar surface area (TPSA) is 46.8 Å². The minimum absolute atomic E-state index is 0.00643. The Kier molecular flexibility index (Phi) is 5.02. The minimum atomic E-state index is -4.42. The number of halogens is 3. The Bertz CT molecular complexity index is 923. The van der Waals surface area contributed by atoms with E-state index in [2.05, 4.69) is 19.5 Å². The Morgan fingerprint density at radius 1 is 1.04 bits per heavy atom. The third-order valence-electron chi connectivity index (χ3n) is 5.03. The standard InChI is InChI=1S/C20H20F3N5/c21-20(22,23)17-4-1-7-25-19(17)27-11-2-3-16(14-27)18-26-10-12-28(18)13-15-5-8-24-9-6-15/h1,4-10,12,16H,2-3,11,13-14H2. The average Bonchev–Trinajstić information content (AvgIpc) is 3.16. The van der Waals surface area contributed by atoms with E-state index in [9.17, 15) is 13.2 Å². The molecule has 0 radical (unpaired) electrons. The van der Waals surface area contributed by atoms with E-state index >= 15 is 0 Å². The molecule has 8 heteroatoms. The van der Waals surface area contributed by atoms with E-state index in [1.54, 1.807) is 23.5 Å². The summed E-state index contributed by atoms with van der Waals surface area (Å²) in [4.78, 5) is 14.3. The second-order valence-corrected chi connectivity index (χ2v) is 6.93. The summed E-state index contributed by atoms with van der Waals surface area (Å²) in [7, 11) is 0. The lowest BCUT2D eigenvalue weighted by Crippen LogP contribution is -2.37. The molecule has 4 rings (SSSR count). The molecule has 1 saturated heterocycles. The van der Waals surface area contributed by atoms with E-state index in [0.717, 1.165) is 30.3 Å². The molecule has 1 aliphatic rings. The van der Waals surface area contributed by atoms with Crippen LogP contribution in [0.15, 0.2) is 55.2 Å². The van der Waals surface area contributed by atoms with E-state index in [4.69, 9.17) is 0 Å². The fourth-order valence-corrected chi connectivity index (χ4v) is 3.75. The molecule has 0 amide bonds. The Morgan fingerprint density at radius 2 is 1.86 bits per heavy atom. The van der Waals surface area contributed by atoms with Crippen molar-refractivity contribution in [3.63, 3.8) is 0 Å². The second-order valence-electron chi connectivity index (χ2n) is 6.93. The highest BCUT2D eigenvalue weighted by Gasteiger charge is 2.37. The fraction of sp³-hybridized carbons (Fsp3) is 0.350. The number of hydrogen-bond acceptors (Lipinski definition) is 4. The van der Waals surface area contributed by atoms with Crippen LogP contribution in [-0.2, 0) is 12.7 Å². The molecule has 5 nitrogen and oxygen atoms in total. The summed E-state index contributed by atoms with van der Waals surface area (Å²) in [5.41, 5.74) is 0.418. The van der Waals surface area contributed by atoms with E-state index in [0.29, 0.717) is 19.6 Å². The summed E-state index contributed by atoms with van der Waals surface area (Å²) in [5.74, 6) is 0.951. The molecule has 0 aliphatic carbocycles. The molecular weight excluding hydrogens is 367 g/mol. The van der Waals surface area contributed by atoms with E-state index in [1.165, 1.54) is 12.3 Å². The molecule has 0 spiro atoms. The van der Waals surface area contributed by atoms with Crippen molar-refractivity contribution in [2.45, 2.75) is 31.5 Å². The number of pyridine rings is 2. The molecule has 4 heterocycles. The first-order valence-corrected chi connectivity index (χ1v) is 9.19. The number of imidazole rings is 1. The molecule has 3 aromatic heterocycles. The van der Waals surface area contributed by atoms with Crippen molar-refractivity contribution in [2.24, 2.45) is 0 Å². The summed E-state index contributed by atoms with van der Waals surface area (Å²) in [6, 6.07) is 6.31. The summed E-state index contributed by atoms with van der Waals surface area (Å²) in [6.45, 7) is 1.68. The highest BCUT2D eigenvalue weighted by Crippen LogP contribution is 2.37. The number of anilines is 1. The summed E-state index contributed by atoms with van der Waals surface area (Å²) >= 11 is 0. The number of hydrogen-bond donors (Lipinski definition) is 0. The van der Waals surface area contributed by atoms with Crippen molar-refractivity contribution in [2.75, 3.05) is 18.0 Å². The molecule has 0 bridgehead atoms. The Labute approximate surface area is 160 Å². The maximum atomic E-state index is 13.4. The summed E-state index contributed by atoms with van der Waals surface area (Å²) in [5, 5.41) is 0. The van der Waals surface area contributed by atoms with Crippen LogP contribution in [-0.4, -0.2) is 32.6 Å². The van der Waals surface area contributed by atoms with Crippen LogP contribution in [0.2, 0.25) is 0 Å². The van der Waals surface area contributed by atoms with Gasteiger partial charge in [0.15, 0.2) is 0 Å². The minimum Gasteiger partial charge on any atom is -0.355 e. The van der Waals surface area contributed by atoms with E-state index in [-0.39, 0.29) is 11.7 Å². The first-order valence-electron chi connectivity index (χ1n) is 9.19. The van der Waals surface area contributed by atoms with Gasteiger partial charge in [-0.2, -0.15) is 13.2 Å². The average molecular weight is 387 g/mol. The Morgan fingerprint density at radius 3 is 2.64 bits per heavy atom. The first-order chi connectivity index (χ1) is 13.5. The van der Waals surface area contributed by atoms with Crippen LogP contribution in [0.4, 0.5) is 19.0 Å². The van der Waals surface area contributed by atoms with Gasteiger partial charge in [-0.25, -0.2) is 9.97 Å². The van der Waals surface area contributed by atoms with Gasteiger partial charge in [0.05, 0.1) is 5.56 Å². The maximum absolute atomic E-state index is 13.4. The molecule has 146 valence electrons. The number of nitrogens with zero attached hydrogens (tertiary/aromatic N) is 5. The zero-order chi connectivity index (χ0) is 19.6. The molecule has 1 atom stereocenters. The third-order valence-corrected chi connectivity index (χ3v) is 5.03. The van der Waals surface area contributed by atoms with E-state index < -0.39 is 11.7 Å². The van der Waals surface area contributed by atoms with Gasteiger partial charge in [0.25, 0.3) is 0 Å². The smallest absolute Gasteiger partial charge is 0.355 e. The van der Waals surface area contributed by atoms with Crippen molar-refractivity contribution in [1.29, 1.82) is 0 Å². The number of rotatable bonds is 4. The molecule has 1 aliphatic heterocycles. The lowest BCUT2D eigenvalue weighted by Gasteiger charge is -2.34. The van der Waals surface area contributed by atoms with Crippen LogP contribution in [0.1, 0.15) is 35.7 Å². The third kappa shape index (κ3) is 3.85. The highest BCUT2D eigenvalue weighted by atomic mass is 19.4. The van der Waals surface area contributed by atoms with Gasteiger partial charge in [0.1, 0.15) is 11.6 Å². The largest absolute Gasteiger partial charge is 0.419 e. The monoisotopic (exact) mass is 387 g/mol. The van der Waals surface area contributed by atoms with Crippen molar-refractivity contribution in [3.05, 3.63) is 72.2 Å². The summed E-state index contributed by atoms with van der Waals surface area (Å²) < 4.78 is 42.2. The molecular formula is C20H20F3N5. The van der Waals surface area contributed by atoms with Gasteiger partial charge in [-0.3, -0.25) is 4.98 Å². The molecule has 1 unspecified atom stereocenters. The molecule has 0 aromatic carbocycles. The zero-order valence-corrected chi connectivity index (χ0v) is 15.2. The predicted molar refractivity (Wildman–Crippen MR) is 99.0 cm³/mol. The Balaban J connectivity index is 1.57. The molecule has 3 aromatic rings. The van der Waals surface area contributed by atoms with Crippen LogP contribution in [0.25, 0.3) is 0 Å². The van der Waals surface area contributed by atoms with Gasteiger partial charge in [-0.1, -0.05) is 0 Å². The number of aromatic nitrogens is 4. The fourth-order valence-electron chi connectivity index (χ4n) is 3.75. The van der Waals surface area contributed by atoms with Gasteiger partial charge in [-0.05, 0) is 42.7 Å². The lowest BCUT2D eigenvalue weighted by atomic mass is 9.96. The second kappa shape index (κ2) is 7.61. The quantitative estimate of drug-likeness (QED) is 0.676. The predicted octanol–water partition coefficient (Wildman–Crippen LogP) is 4.12. The van der Waals surface area contributed by atoms with Crippen LogP contribution in [0.3, 0.4) is 0 Å². The molecule has 0 N–H and O–H groups in total. The molecule has 28 heavy (non-hydrogen) atoms. The lowest BCUT2D eigenvalue weighted by molar-refractivity contribution is -0.137. The number of alkyl halides is 3. The summed E-state index contributed by atoms with van der Waals surface area (Å²) in [6.07, 6.45) is 5.82. The van der Waals surface area contributed by atoms with Crippen LogP contribution >= 0.6 is 0 Å². The van der Waals surface area contributed by atoms with Crippen LogP contribution in [0.5, 0.6) is 0 Å².